The molecule has 7 nitrogen and oxygen atoms in total. The summed E-state index contributed by atoms with van der Waals surface area (Å²) in [5.41, 5.74) is 3.94. The number of nitrogens with one attached hydrogen (secondary N) is 1. The van der Waals surface area contributed by atoms with Crippen molar-refractivity contribution in [3.63, 3.8) is 0 Å². The third kappa shape index (κ3) is 3.22. The zero-order valence-electron chi connectivity index (χ0n) is 10.3. The average Bonchev–Trinajstić information content (AvgIpc) is 2.88. The van der Waals surface area contributed by atoms with E-state index >= 15 is 0 Å². The highest BCUT2D eigenvalue weighted by molar-refractivity contribution is 5.76. The van der Waals surface area contributed by atoms with Crippen LogP contribution in [0.4, 0.5) is 5.88 Å². The number of rotatable bonds is 5. The van der Waals surface area contributed by atoms with Gasteiger partial charge in [0.05, 0.1) is 18.0 Å². The minimum absolute atomic E-state index is 0.160. The second-order valence-corrected chi connectivity index (χ2v) is 3.83. The molecule has 0 bridgehead atoms. The fourth-order valence-electron chi connectivity index (χ4n) is 1.41. The highest BCUT2D eigenvalue weighted by atomic mass is 16.6. The Morgan fingerprint density at radius 3 is 2.65 bits per heavy atom. The molecule has 0 saturated carbocycles. The molecule has 1 aromatic carbocycles. The molecule has 2 rings (SSSR count). The summed E-state index contributed by atoms with van der Waals surface area (Å²) in [6, 6.07) is 9.10. The Kier molecular flexibility index (Phi) is 3.80. The molecule has 0 aliphatic heterocycles. The normalized spacial score (nSPS) is 10.6. The topological polar surface area (TPSA) is 101 Å². The van der Waals surface area contributed by atoms with Crippen molar-refractivity contribution in [1.29, 1.82) is 0 Å². The number of aromatic hydroxyl groups is 1. The van der Waals surface area contributed by atoms with Crippen molar-refractivity contribution < 1.29 is 14.4 Å². The van der Waals surface area contributed by atoms with E-state index in [-0.39, 0.29) is 17.4 Å². The Morgan fingerprint density at radius 1 is 1.35 bits per heavy atom. The van der Waals surface area contributed by atoms with Gasteiger partial charge in [-0.05, 0) is 35.9 Å². The van der Waals surface area contributed by atoms with E-state index in [9.17, 15) is 10.1 Å². The lowest BCUT2D eigenvalue weighted by atomic mass is 10.2. The van der Waals surface area contributed by atoms with Crippen LogP contribution >= 0.6 is 0 Å². The molecule has 102 valence electrons. The third-order valence-corrected chi connectivity index (χ3v) is 2.40. The van der Waals surface area contributed by atoms with Crippen LogP contribution in [0.1, 0.15) is 11.3 Å². The van der Waals surface area contributed by atoms with E-state index in [0.717, 1.165) is 5.56 Å². The van der Waals surface area contributed by atoms with Crippen LogP contribution in [0.3, 0.4) is 0 Å². The van der Waals surface area contributed by atoms with E-state index in [1.807, 2.05) is 0 Å². The van der Waals surface area contributed by atoms with Crippen molar-refractivity contribution in [2.45, 2.75) is 0 Å². The van der Waals surface area contributed by atoms with Crippen molar-refractivity contribution in [2.24, 2.45) is 5.10 Å². The molecule has 2 aromatic rings. The Morgan fingerprint density at radius 2 is 2.05 bits per heavy atom. The Bertz CT molecular complexity index is 659. The summed E-state index contributed by atoms with van der Waals surface area (Å²) in [6.45, 7) is 3.77. The fraction of sp³-hybridized carbons (Fsp3) is 0. The summed E-state index contributed by atoms with van der Waals surface area (Å²) < 4.78 is 4.90. The largest absolute Gasteiger partial charge is 0.508 e. The molecule has 1 heterocycles. The van der Waals surface area contributed by atoms with Gasteiger partial charge in [0.25, 0.3) is 0 Å². The van der Waals surface area contributed by atoms with Gasteiger partial charge in [-0.2, -0.15) is 5.10 Å². The maximum absolute atomic E-state index is 10.4. The maximum Gasteiger partial charge on any atom is 0.433 e. The monoisotopic (exact) mass is 273 g/mol. The van der Waals surface area contributed by atoms with Gasteiger partial charge in [0.15, 0.2) is 5.76 Å². The van der Waals surface area contributed by atoms with Crippen LogP contribution in [0.2, 0.25) is 0 Å². The van der Waals surface area contributed by atoms with E-state index in [0.29, 0.717) is 5.70 Å². The molecule has 0 unspecified atom stereocenters. The number of hydrogen-bond donors (Lipinski definition) is 2. The molecular weight excluding hydrogens is 262 g/mol. The summed E-state index contributed by atoms with van der Waals surface area (Å²) in [6.07, 6.45) is 1.30. The van der Waals surface area contributed by atoms with E-state index in [1.54, 1.807) is 12.1 Å². The molecule has 0 aliphatic rings. The number of furan rings is 1. The molecule has 0 fully saturated rings. The summed E-state index contributed by atoms with van der Waals surface area (Å²) in [5.74, 6) is 0.0689. The van der Waals surface area contributed by atoms with Crippen LogP contribution in [0.5, 0.6) is 5.75 Å². The minimum atomic E-state index is -0.625. The SMILES string of the molecule is C=C(N/N=C/c1ccc([N+](=O)[O-])o1)c1ccc(O)cc1. The Balaban J connectivity index is 1.97. The number of nitro groups is 1. The van der Waals surface area contributed by atoms with Gasteiger partial charge in [-0.25, -0.2) is 0 Å². The Hall–Kier alpha value is -3.09. The molecule has 2 N–H and O–H groups in total. The lowest BCUT2D eigenvalue weighted by Gasteiger charge is -2.04. The van der Waals surface area contributed by atoms with Crippen molar-refractivity contribution in [3.8, 4) is 5.75 Å². The molecular formula is C13H11N3O4. The smallest absolute Gasteiger partial charge is 0.433 e. The molecule has 0 saturated heterocycles. The molecule has 20 heavy (non-hydrogen) atoms. The van der Waals surface area contributed by atoms with E-state index in [1.165, 1.54) is 30.5 Å². The molecule has 0 amide bonds. The second-order valence-electron chi connectivity index (χ2n) is 3.83. The van der Waals surface area contributed by atoms with E-state index in [4.69, 9.17) is 9.52 Å². The van der Waals surface area contributed by atoms with Gasteiger partial charge in [-0.1, -0.05) is 6.58 Å². The number of hydrazone groups is 1. The predicted octanol–water partition coefficient (Wildman–Crippen LogP) is 2.49. The fourth-order valence-corrected chi connectivity index (χ4v) is 1.41. The van der Waals surface area contributed by atoms with Gasteiger partial charge >= 0.3 is 5.88 Å². The van der Waals surface area contributed by atoms with Gasteiger partial charge in [-0.3, -0.25) is 15.5 Å². The summed E-state index contributed by atoms with van der Waals surface area (Å²) in [7, 11) is 0. The van der Waals surface area contributed by atoms with Crippen LogP contribution in [0.15, 0.2) is 52.5 Å². The van der Waals surface area contributed by atoms with Gasteiger partial charge < -0.3 is 9.52 Å². The average molecular weight is 273 g/mol. The molecule has 0 atom stereocenters. The van der Waals surface area contributed by atoms with Gasteiger partial charge in [0.2, 0.25) is 0 Å². The van der Waals surface area contributed by atoms with Crippen molar-refractivity contribution in [1.82, 2.24) is 5.43 Å². The van der Waals surface area contributed by atoms with E-state index in [2.05, 4.69) is 17.1 Å². The number of hydrogen-bond acceptors (Lipinski definition) is 6. The maximum atomic E-state index is 10.4. The zero-order chi connectivity index (χ0) is 14.5. The van der Waals surface area contributed by atoms with Crippen LogP contribution in [0, 0.1) is 10.1 Å². The third-order valence-electron chi connectivity index (χ3n) is 2.40. The summed E-state index contributed by atoms with van der Waals surface area (Å²) in [5, 5.41) is 23.4. The second kappa shape index (κ2) is 5.70. The Labute approximate surface area is 114 Å². The van der Waals surface area contributed by atoms with Gasteiger partial charge in [0.1, 0.15) is 10.7 Å². The number of phenols is 1. The van der Waals surface area contributed by atoms with Crippen molar-refractivity contribution >= 4 is 17.8 Å². The molecule has 7 heteroatoms. The first-order chi connectivity index (χ1) is 9.56. The van der Waals surface area contributed by atoms with Crippen LogP contribution in [0.25, 0.3) is 5.70 Å². The highest BCUT2D eigenvalue weighted by Gasteiger charge is 2.10. The molecule has 0 spiro atoms. The zero-order valence-corrected chi connectivity index (χ0v) is 10.3. The van der Waals surface area contributed by atoms with Crippen LogP contribution in [-0.4, -0.2) is 16.2 Å². The number of phenolic OH excluding ortho intramolecular Hbond substituents is 1. The van der Waals surface area contributed by atoms with E-state index < -0.39 is 4.92 Å². The molecule has 0 aliphatic carbocycles. The molecule has 0 radical (unpaired) electrons. The van der Waals surface area contributed by atoms with Crippen LogP contribution in [-0.2, 0) is 0 Å². The lowest BCUT2D eigenvalue weighted by molar-refractivity contribution is -0.402. The first-order valence-corrected chi connectivity index (χ1v) is 5.58. The quantitative estimate of drug-likeness (QED) is 0.495. The van der Waals surface area contributed by atoms with Crippen molar-refractivity contribution in [3.05, 3.63) is 64.4 Å². The first kappa shape index (κ1) is 13.3. The highest BCUT2D eigenvalue weighted by Crippen LogP contribution is 2.15. The lowest BCUT2D eigenvalue weighted by Crippen LogP contribution is -2.03. The minimum Gasteiger partial charge on any atom is -0.508 e. The number of nitrogens with zero attached hydrogens (tertiary/aromatic N) is 2. The van der Waals surface area contributed by atoms with Gasteiger partial charge in [-0.15, -0.1) is 0 Å². The van der Waals surface area contributed by atoms with Crippen LogP contribution < -0.4 is 5.43 Å². The van der Waals surface area contributed by atoms with Gasteiger partial charge in [0, 0.05) is 0 Å². The summed E-state index contributed by atoms with van der Waals surface area (Å²) in [4.78, 5) is 9.80. The predicted molar refractivity (Wildman–Crippen MR) is 73.2 cm³/mol. The first-order valence-electron chi connectivity index (χ1n) is 5.58. The molecule has 1 aromatic heterocycles. The summed E-state index contributed by atoms with van der Waals surface area (Å²) >= 11 is 0. The standard InChI is InChI=1S/C13H11N3O4/c1-9(10-2-4-11(17)5-3-10)15-14-8-12-6-7-13(20-12)16(18)19/h2-8,15,17H,1H2/b14-8+. The number of benzene rings is 1. The van der Waals surface area contributed by atoms with Crippen molar-refractivity contribution in [2.75, 3.05) is 0 Å².